The summed E-state index contributed by atoms with van der Waals surface area (Å²) >= 11 is 6.03. The van der Waals surface area contributed by atoms with E-state index in [-0.39, 0.29) is 11.1 Å². The van der Waals surface area contributed by atoms with Crippen molar-refractivity contribution < 1.29 is 14.3 Å². The standard InChI is InChI=1S/C19H32ClN5O3Si/c1-9(2)29(10(3)4,11(5)6)28-15-14(26)12(7)27-18(15)25-8-22-13-16(21)23-19(20)24-17(13)25/h8-12,14-15,18,26H,1-7H3,(H2,21,23,24)/t12-,14-,15+,18-/m1/s1. The third kappa shape index (κ3) is 3.67. The Bertz CT molecular complexity index is 853. The van der Waals surface area contributed by atoms with Crippen molar-refractivity contribution in [3.05, 3.63) is 11.6 Å². The number of nitrogens with two attached hydrogens (primary N) is 1. The topological polar surface area (TPSA) is 108 Å². The number of nitrogen functional groups attached to an aromatic ring is 1. The molecule has 0 bridgehead atoms. The molecule has 2 aromatic heterocycles. The molecular weight excluding hydrogens is 410 g/mol. The zero-order valence-corrected chi connectivity index (χ0v) is 19.9. The minimum Gasteiger partial charge on any atom is -0.406 e. The number of halogens is 1. The Morgan fingerprint density at radius 3 is 2.31 bits per heavy atom. The van der Waals surface area contributed by atoms with E-state index in [2.05, 4.69) is 56.5 Å². The van der Waals surface area contributed by atoms with Crippen LogP contribution in [0.15, 0.2) is 6.33 Å². The second kappa shape index (κ2) is 8.11. The molecule has 3 rings (SSSR count). The van der Waals surface area contributed by atoms with Gasteiger partial charge in [0.05, 0.1) is 12.4 Å². The molecule has 2 aromatic rings. The first-order valence-corrected chi connectivity index (χ1v) is 12.7. The van der Waals surface area contributed by atoms with Crippen LogP contribution in [-0.4, -0.2) is 51.3 Å². The van der Waals surface area contributed by atoms with E-state index in [0.717, 1.165) is 0 Å². The third-order valence-electron chi connectivity index (χ3n) is 6.20. The summed E-state index contributed by atoms with van der Waals surface area (Å²) in [7, 11) is -2.26. The average molecular weight is 442 g/mol. The van der Waals surface area contributed by atoms with Gasteiger partial charge in [-0.15, -0.1) is 0 Å². The van der Waals surface area contributed by atoms with Crippen LogP contribution in [0, 0.1) is 0 Å². The number of aliphatic hydroxyl groups is 1. The van der Waals surface area contributed by atoms with Crippen molar-refractivity contribution in [1.29, 1.82) is 0 Å². The fourth-order valence-corrected chi connectivity index (χ4v) is 10.6. The highest BCUT2D eigenvalue weighted by atomic mass is 35.5. The summed E-state index contributed by atoms with van der Waals surface area (Å²) in [6.45, 7) is 15.1. The lowest BCUT2D eigenvalue weighted by Crippen LogP contribution is -2.53. The molecule has 10 heteroatoms. The predicted molar refractivity (Wildman–Crippen MR) is 116 cm³/mol. The molecule has 0 unspecified atom stereocenters. The largest absolute Gasteiger partial charge is 0.406 e. The molecule has 4 atom stereocenters. The Morgan fingerprint density at radius 1 is 1.17 bits per heavy atom. The smallest absolute Gasteiger partial charge is 0.226 e. The summed E-state index contributed by atoms with van der Waals surface area (Å²) < 4.78 is 14.8. The number of hydrogen-bond donors (Lipinski definition) is 2. The lowest BCUT2D eigenvalue weighted by Gasteiger charge is -2.45. The van der Waals surface area contributed by atoms with Crippen LogP contribution >= 0.6 is 11.6 Å². The normalized spacial score (nSPS) is 25.8. The molecule has 0 aliphatic carbocycles. The zero-order valence-electron chi connectivity index (χ0n) is 18.1. The Balaban J connectivity index is 2.08. The molecule has 1 fully saturated rings. The maximum Gasteiger partial charge on any atom is 0.226 e. The van der Waals surface area contributed by atoms with Crippen LogP contribution < -0.4 is 5.73 Å². The van der Waals surface area contributed by atoms with Crippen molar-refractivity contribution in [1.82, 2.24) is 19.5 Å². The molecule has 162 valence electrons. The maximum atomic E-state index is 11.0. The van der Waals surface area contributed by atoms with Crippen LogP contribution in [-0.2, 0) is 9.16 Å². The van der Waals surface area contributed by atoms with Crippen molar-refractivity contribution in [2.24, 2.45) is 0 Å². The first kappa shape index (κ1) is 22.4. The highest BCUT2D eigenvalue weighted by molar-refractivity contribution is 6.77. The Labute approximate surface area is 177 Å². The summed E-state index contributed by atoms with van der Waals surface area (Å²) in [6, 6.07) is 0. The summed E-state index contributed by atoms with van der Waals surface area (Å²) in [5, 5.41) is 11.0. The predicted octanol–water partition coefficient (Wildman–Crippen LogP) is 3.90. The van der Waals surface area contributed by atoms with E-state index >= 15 is 0 Å². The van der Waals surface area contributed by atoms with Crippen molar-refractivity contribution in [2.45, 2.75) is 89.6 Å². The number of imidazole rings is 1. The van der Waals surface area contributed by atoms with E-state index in [1.54, 1.807) is 10.9 Å². The van der Waals surface area contributed by atoms with Crippen molar-refractivity contribution in [3.8, 4) is 0 Å². The van der Waals surface area contributed by atoms with Gasteiger partial charge in [-0.2, -0.15) is 9.97 Å². The zero-order chi connectivity index (χ0) is 21.7. The van der Waals surface area contributed by atoms with E-state index in [9.17, 15) is 5.11 Å². The molecule has 0 radical (unpaired) electrons. The van der Waals surface area contributed by atoms with E-state index in [4.69, 9.17) is 26.5 Å². The van der Waals surface area contributed by atoms with Gasteiger partial charge in [-0.25, -0.2) is 4.98 Å². The Hall–Kier alpha value is -1.26. The van der Waals surface area contributed by atoms with Gasteiger partial charge in [0.15, 0.2) is 17.7 Å². The molecule has 1 saturated heterocycles. The van der Waals surface area contributed by atoms with Gasteiger partial charge in [0, 0.05) is 0 Å². The summed E-state index contributed by atoms with van der Waals surface area (Å²) in [5.41, 5.74) is 7.99. The molecule has 0 aromatic carbocycles. The van der Waals surface area contributed by atoms with E-state index < -0.39 is 32.9 Å². The van der Waals surface area contributed by atoms with Crippen LogP contribution in [0.25, 0.3) is 11.2 Å². The number of rotatable bonds is 6. The van der Waals surface area contributed by atoms with E-state index in [1.165, 1.54) is 0 Å². The Morgan fingerprint density at radius 2 is 1.76 bits per heavy atom. The van der Waals surface area contributed by atoms with Crippen LogP contribution in [0.3, 0.4) is 0 Å². The number of anilines is 1. The van der Waals surface area contributed by atoms with Gasteiger partial charge in [0.25, 0.3) is 0 Å². The summed E-state index contributed by atoms with van der Waals surface area (Å²) in [6.07, 6.45) is -0.693. The number of aromatic nitrogens is 4. The molecule has 3 heterocycles. The van der Waals surface area contributed by atoms with E-state index in [0.29, 0.717) is 27.8 Å². The molecule has 8 nitrogen and oxygen atoms in total. The summed E-state index contributed by atoms with van der Waals surface area (Å²) in [4.78, 5) is 12.6. The van der Waals surface area contributed by atoms with Crippen LogP contribution in [0.1, 0.15) is 54.7 Å². The highest BCUT2D eigenvalue weighted by Crippen LogP contribution is 2.46. The van der Waals surface area contributed by atoms with E-state index in [1.807, 2.05) is 6.92 Å². The minimum atomic E-state index is -2.26. The second-order valence-corrected chi connectivity index (χ2v) is 14.6. The lowest BCUT2D eigenvalue weighted by molar-refractivity contribution is -0.0269. The molecule has 0 spiro atoms. The molecule has 1 aliphatic heterocycles. The van der Waals surface area contributed by atoms with Gasteiger partial charge >= 0.3 is 0 Å². The molecule has 3 N–H and O–H groups in total. The van der Waals surface area contributed by atoms with Gasteiger partial charge < -0.3 is 20.0 Å². The molecule has 0 amide bonds. The lowest BCUT2D eigenvalue weighted by atomic mass is 10.1. The first-order chi connectivity index (χ1) is 13.5. The maximum absolute atomic E-state index is 11.0. The van der Waals surface area contributed by atoms with Gasteiger partial charge in [-0.3, -0.25) is 4.57 Å². The first-order valence-electron chi connectivity index (χ1n) is 10.2. The van der Waals surface area contributed by atoms with Crippen LogP contribution in [0.4, 0.5) is 5.82 Å². The van der Waals surface area contributed by atoms with Gasteiger partial charge in [-0.05, 0) is 35.1 Å². The van der Waals surface area contributed by atoms with Gasteiger partial charge in [-0.1, -0.05) is 41.5 Å². The number of hydrogen-bond acceptors (Lipinski definition) is 7. The van der Waals surface area contributed by atoms with Crippen LogP contribution in [0.2, 0.25) is 21.9 Å². The van der Waals surface area contributed by atoms with Crippen molar-refractivity contribution in [2.75, 3.05) is 5.73 Å². The molecule has 29 heavy (non-hydrogen) atoms. The monoisotopic (exact) mass is 441 g/mol. The highest BCUT2D eigenvalue weighted by Gasteiger charge is 2.53. The quantitative estimate of drug-likeness (QED) is 0.516. The molecule has 0 saturated carbocycles. The Kier molecular flexibility index (Phi) is 6.27. The van der Waals surface area contributed by atoms with Gasteiger partial charge in [0.2, 0.25) is 13.6 Å². The number of ether oxygens (including phenoxy) is 1. The fourth-order valence-electron chi connectivity index (χ4n) is 4.91. The number of fused-ring (bicyclic) bond motifs is 1. The fraction of sp³-hybridized carbons (Fsp3) is 0.737. The minimum absolute atomic E-state index is 0.0380. The second-order valence-electron chi connectivity index (χ2n) is 8.82. The van der Waals surface area contributed by atoms with Gasteiger partial charge in [0.1, 0.15) is 17.7 Å². The number of aliphatic hydroxyl groups excluding tert-OH is 1. The van der Waals surface area contributed by atoms with Crippen LogP contribution in [0.5, 0.6) is 0 Å². The summed E-state index contributed by atoms with van der Waals surface area (Å²) in [5.74, 6) is 0.207. The third-order valence-corrected chi connectivity index (χ3v) is 12.5. The average Bonchev–Trinajstić information content (AvgIpc) is 3.14. The van der Waals surface area contributed by atoms with Crippen molar-refractivity contribution in [3.63, 3.8) is 0 Å². The molecule has 1 aliphatic rings. The SMILES string of the molecule is CC(C)[Si](O[C@H]1[C@H](O)[C@@H](C)O[C@H]1n1cnc2c(N)nc(Cl)nc21)(C(C)C)C(C)C. The molecular formula is C19H32ClN5O3Si. The number of nitrogens with zero attached hydrogens (tertiary/aromatic N) is 4. The van der Waals surface area contributed by atoms with Crippen molar-refractivity contribution >= 4 is 36.9 Å².